The molecule has 8 aromatic carbocycles. The SMILES string of the molecule is C=C(/C=C(\C=C/Nc1ccc2ccccc2c1)c1ccc2c(c1)c1ccc(O)c(-c3ccccc3)c1n2-c1ccc(-c2ccccc2)cc1)c1ccccc1. The first-order valence-corrected chi connectivity index (χ1v) is 18.5. The van der Waals surface area contributed by atoms with Crippen LogP contribution in [0.5, 0.6) is 5.75 Å². The van der Waals surface area contributed by atoms with Crippen molar-refractivity contribution in [3.05, 3.63) is 224 Å². The van der Waals surface area contributed by atoms with Gasteiger partial charge in [0.15, 0.2) is 0 Å². The highest BCUT2D eigenvalue weighted by Gasteiger charge is 2.20. The van der Waals surface area contributed by atoms with Gasteiger partial charge in [-0.1, -0.05) is 146 Å². The van der Waals surface area contributed by atoms with Gasteiger partial charge in [-0.15, -0.1) is 0 Å². The summed E-state index contributed by atoms with van der Waals surface area (Å²) in [5, 5.41) is 19.5. The number of aromatic nitrogens is 1. The maximum Gasteiger partial charge on any atom is 0.125 e. The summed E-state index contributed by atoms with van der Waals surface area (Å²) < 4.78 is 2.29. The highest BCUT2D eigenvalue weighted by atomic mass is 16.3. The molecule has 9 rings (SSSR count). The molecule has 55 heavy (non-hydrogen) atoms. The van der Waals surface area contributed by atoms with Gasteiger partial charge < -0.3 is 15.0 Å². The molecule has 0 spiro atoms. The van der Waals surface area contributed by atoms with E-state index < -0.39 is 0 Å². The Morgan fingerprint density at radius 3 is 1.95 bits per heavy atom. The second-order valence-electron chi connectivity index (χ2n) is 13.7. The molecule has 0 atom stereocenters. The van der Waals surface area contributed by atoms with Crippen molar-refractivity contribution in [3.63, 3.8) is 0 Å². The van der Waals surface area contributed by atoms with Crippen molar-refractivity contribution in [2.45, 2.75) is 0 Å². The lowest BCUT2D eigenvalue weighted by Crippen LogP contribution is -1.96. The Morgan fingerprint density at radius 1 is 0.545 bits per heavy atom. The Morgan fingerprint density at radius 2 is 1.20 bits per heavy atom. The zero-order valence-corrected chi connectivity index (χ0v) is 30.2. The predicted molar refractivity (Wildman–Crippen MR) is 233 cm³/mol. The van der Waals surface area contributed by atoms with Crippen LogP contribution in [0.2, 0.25) is 0 Å². The van der Waals surface area contributed by atoms with Crippen molar-refractivity contribution >= 4 is 49.4 Å². The van der Waals surface area contributed by atoms with Crippen LogP contribution in [0.3, 0.4) is 0 Å². The lowest BCUT2D eigenvalue weighted by atomic mass is 9.97. The van der Waals surface area contributed by atoms with Crippen LogP contribution in [0.25, 0.3) is 71.7 Å². The van der Waals surface area contributed by atoms with Crippen LogP contribution >= 0.6 is 0 Å². The molecular weight excluding hydrogens is 669 g/mol. The van der Waals surface area contributed by atoms with Crippen molar-refractivity contribution in [3.8, 4) is 33.7 Å². The largest absolute Gasteiger partial charge is 0.507 e. The minimum atomic E-state index is 0.242. The number of allylic oxidation sites excluding steroid dienone is 4. The Hall–Kier alpha value is -7.36. The molecule has 0 fully saturated rings. The van der Waals surface area contributed by atoms with E-state index in [9.17, 15) is 5.11 Å². The van der Waals surface area contributed by atoms with E-state index >= 15 is 0 Å². The number of benzene rings is 8. The highest BCUT2D eigenvalue weighted by molar-refractivity contribution is 6.15. The first kappa shape index (κ1) is 33.5. The molecule has 0 aliphatic carbocycles. The Labute approximate surface area is 321 Å². The first-order valence-electron chi connectivity index (χ1n) is 18.5. The lowest BCUT2D eigenvalue weighted by molar-refractivity contribution is 0.478. The summed E-state index contributed by atoms with van der Waals surface area (Å²) in [6.45, 7) is 4.47. The minimum absolute atomic E-state index is 0.242. The van der Waals surface area contributed by atoms with Crippen LogP contribution in [-0.2, 0) is 0 Å². The second-order valence-corrected chi connectivity index (χ2v) is 13.7. The summed E-state index contributed by atoms with van der Waals surface area (Å²) in [5.41, 5.74) is 12.2. The van der Waals surface area contributed by atoms with E-state index in [1.165, 1.54) is 16.3 Å². The molecule has 262 valence electrons. The third kappa shape index (κ3) is 6.60. The maximum absolute atomic E-state index is 11.5. The number of fused-ring (bicyclic) bond motifs is 4. The van der Waals surface area contributed by atoms with Crippen molar-refractivity contribution in [2.75, 3.05) is 5.32 Å². The number of nitrogens with zero attached hydrogens (tertiary/aromatic N) is 1. The average molecular weight is 707 g/mol. The van der Waals surface area contributed by atoms with Gasteiger partial charge in [-0.05, 0) is 110 Å². The Balaban J connectivity index is 1.20. The van der Waals surface area contributed by atoms with E-state index in [4.69, 9.17) is 0 Å². The Bertz CT molecular complexity index is 2880. The van der Waals surface area contributed by atoms with E-state index in [0.717, 1.165) is 72.1 Å². The average Bonchev–Trinajstić information content (AvgIpc) is 3.57. The lowest BCUT2D eigenvalue weighted by Gasteiger charge is -2.14. The van der Waals surface area contributed by atoms with E-state index in [1.54, 1.807) is 0 Å². The summed E-state index contributed by atoms with van der Waals surface area (Å²) >= 11 is 0. The maximum atomic E-state index is 11.5. The fraction of sp³-hybridized carbons (Fsp3) is 0. The normalized spacial score (nSPS) is 11.8. The number of nitrogens with one attached hydrogen (secondary N) is 1. The molecule has 3 nitrogen and oxygen atoms in total. The molecule has 0 unspecified atom stereocenters. The van der Waals surface area contributed by atoms with E-state index in [2.05, 4.69) is 162 Å². The quantitative estimate of drug-likeness (QED) is 0.147. The minimum Gasteiger partial charge on any atom is -0.507 e. The van der Waals surface area contributed by atoms with Crippen LogP contribution < -0.4 is 5.32 Å². The van der Waals surface area contributed by atoms with E-state index in [1.807, 2.05) is 60.8 Å². The van der Waals surface area contributed by atoms with E-state index in [0.29, 0.717) is 0 Å². The third-order valence-corrected chi connectivity index (χ3v) is 10.3. The summed E-state index contributed by atoms with van der Waals surface area (Å²) in [6.07, 6.45) is 6.27. The number of anilines is 1. The van der Waals surface area contributed by atoms with Crippen molar-refractivity contribution in [1.29, 1.82) is 0 Å². The number of hydrogen-bond acceptors (Lipinski definition) is 2. The molecule has 1 heterocycles. The Kier molecular flexibility index (Phi) is 8.87. The molecule has 0 saturated carbocycles. The zero-order chi connectivity index (χ0) is 37.1. The molecule has 0 bridgehead atoms. The molecule has 0 saturated heterocycles. The zero-order valence-electron chi connectivity index (χ0n) is 30.2. The molecule has 0 radical (unpaired) electrons. The third-order valence-electron chi connectivity index (χ3n) is 10.3. The predicted octanol–water partition coefficient (Wildman–Crippen LogP) is 13.7. The standard InChI is InChI=1S/C52H38N2O/c1-36(37-13-5-2-6-14-37)33-44(31-32-53-45-25-21-39-17-11-12-20-42(39)34-45)43-24-29-49-48(35-43)47-28-30-50(55)51(41-18-9-4-10-19-41)52(47)54(49)46-26-22-40(23-27-46)38-15-7-3-8-16-38/h2-35,53,55H,1H2/b32-31-,44-33+. The van der Waals surface area contributed by atoms with Gasteiger partial charge in [0, 0.05) is 33.9 Å². The molecule has 9 aromatic rings. The van der Waals surface area contributed by atoms with Gasteiger partial charge in [-0.25, -0.2) is 0 Å². The molecule has 1 aromatic heterocycles. The van der Waals surface area contributed by atoms with Gasteiger partial charge in [0.2, 0.25) is 0 Å². The topological polar surface area (TPSA) is 37.2 Å². The van der Waals surface area contributed by atoms with Gasteiger partial charge >= 0.3 is 0 Å². The number of hydrogen-bond donors (Lipinski definition) is 2. The van der Waals surface area contributed by atoms with E-state index in [-0.39, 0.29) is 5.75 Å². The van der Waals surface area contributed by atoms with Crippen LogP contribution in [0.1, 0.15) is 11.1 Å². The van der Waals surface area contributed by atoms with Crippen molar-refractivity contribution in [1.82, 2.24) is 4.57 Å². The molecule has 3 heteroatoms. The number of rotatable bonds is 9. The van der Waals surface area contributed by atoms with Crippen LogP contribution in [0.4, 0.5) is 5.69 Å². The smallest absolute Gasteiger partial charge is 0.125 e. The van der Waals surface area contributed by atoms with Gasteiger partial charge in [0.1, 0.15) is 5.75 Å². The molecule has 0 aliphatic rings. The number of phenolic OH excluding ortho intramolecular Hbond substituents is 1. The highest BCUT2D eigenvalue weighted by Crippen LogP contribution is 2.43. The monoisotopic (exact) mass is 706 g/mol. The second kappa shape index (κ2) is 14.6. The fourth-order valence-electron chi connectivity index (χ4n) is 7.53. The summed E-state index contributed by atoms with van der Waals surface area (Å²) in [7, 11) is 0. The first-order chi connectivity index (χ1) is 27.1. The van der Waals surface area contributed by atoms with Gasteiger partial charge in [-0.2, -0.15) is 0 Å². The number of phenols is 1. The number of aromatic hydroxyl groups is 1. The summed E-state index contributed by atoms with van der Waals surface area (Å²) in [6, 6.07) is 64.9. The van der Waals surface area contributed by atoms with Crippen LogP contribution in [-0.4, -0.2) is 9.67 Å². The fourth-order valence-corrected chi connectivity index (χ4v) is 7.53. The van der Waals surface area contributed by atoms with Gasteiger partial charge in [-0.3, -0.25) is 0 Å². The molecular formula is C52H38N2O. The summed E-state index contributed by atoms with van der Waals surface area (Å²) in [5.74, 6) is 0.242. The van der Waals surface area contributed by atoms with Crippen molar-refractivity contribution < 1.29 is 5.11 Å². The summed E-state index contributed by atoms with van der Waals surface area (Å²) in [4.78, 5) is 0. The van der Waals surface area contributed by atoms with Crippen molar-refractivity contribution in [2.24, 2.45) is 0 Å². The molecule has 0 amide bonds. The van der Waals surface area contributed by atoms with Gasteiger partial charge in [0.25, 0.3) is 0 Å². The van der Waals surface area contributed by atoms with Gasteiger partial charge in [0.05, 0.1) is 11.0 Å². The molecule has 2 N–H and O–H groups in total. The molecule has 0 aliphatic heterocycles. The van der Waals surface area contributed by atoms with Crippen LogP contribution in [0, 0.1) is 0 Å². The van der Waals surface area contributed by atoms with Crippen LogP contribution in [0.15, 0.2) is 213 Å².